The lowest BCUT2D eigenvalue weighted by molar-refractivity contribution is -0.122. The molecule has 0 bridgehead atoms. The van der Waals surface area contributed by atoms with Gasteiger partial charge in [0.2, 0.25) is 0 Å². The second-order valence-electron chi connectivity index (χ2n) is 4.68. The number of hydrogen-bond acceptors (Lipinski definition) is 2. The molecule has 68 valence electrons. The molecule has 0 aromatic heterocycles. The monoisotopic (exact) mass is 168 g/mol. The fourth-order valence-electron chi connectivity index (χ4n) is 2.28. The molecule has 2 fully saturated rings. The molecular formula is C10H16O2. The molecule has 2 nitrogen and oxygen atoms in total. The summed E-state index contributed by atoms with van der Waals surface area (Å²) in [6.45, 7) is 4.15. The van der Waals surface area contributed by atoms with Gasteiger partial charge in [-0.2, -0.15) is 0 Å². The Morgan fingerprint density at radius 3 is 2.58 bits per heavy atom. The van der Waals surface area contributed by atoms with Crippen LogP contribution in [0.5, 0.6) is 0 Å². The average Bonchev–Trinajstić information content (AvgIpc) is 2.76. The molecule has 2 aliphatic rings. The number of carbonyl (C=O) groups excluding carboxylic acids is 1. The summed E-state index contributed by atoms with van der Waals surface area (Å²) in [5, 5.41) is 0. The highest BCUT2D eigenvalue weighted by Gasteiger charge is 2.46. The molecule has 1 heterocycles. The van der Waals surface area contributed by atoms with Crippen molar-refractivity contribution in [3.05, 3.63) is 0 Å². The van der Waals surface area contributed by atoms with Crippen molar-refractivity contribution in [2.75, 3.05) is 0 Å². The molecule has 0 aromatic rings. The number of aldehydes is 1. The molecule has 2 heteroatoms. The predicted octanol–water partition coefficient (Wildman–Crippen LogP) is 1.78. The van der Waals surface area contributed by atoms with Crippen LogP contribution < -0.4 is 0 Å². The number of carbonyl (C=O) groups is 1. The predicted molar refractivity (Wildman–Crippen MR) is 45.8 cm³/mol. The van der Waals surface area contributed by atoms with Crippen LogP contribution in [0.15, 0.2) is 0 Å². The molecule has 0 radical (unpaired) electrons. The third-order valence-corrected chi connectivity index (χ3v) is 2.97. The molecule has 1 aliphatic heterocycles. The van der Waals surface area contributed by atoms with Crippen LogP contribution in [0.3, 0.4) is 0 Å². The van der Waals surface area contributed by atoms with Gasteiger partial charge in [-0.15, -0.1) is 0 Å². The Balaban J connectivity index is 2.07. The first-order chi connectivity index (χ1) is 5.62. The van der Waals surface area contributed by atoms with Gasteiger partial charge in [0.05, 0.1) is 5.60 Å². The van der Waals surface area contributed by atoms with Crippen molar-refractivity contribution in [3.63, 3.8) is 0 Å². The first-order valence-corrected chi connectivity index (χ1v) is 4.75. The molecule has 0 N–H and O–H groups in total. The van der Waals surface area contributed by atoms with Crippen molar-refractivity contribution >= 4 is 6.29 Å². The van der Waals surface area contributed by atoms with Gasteiger partial charge in [-0.3, -0.25) is 0 Å². The van der Waals surface area contributed by atoms with E-state index in [-0.39, 0.29) is 11.7 Å². The van der Waals surface area contributed by atoms with Crippen LogP contribution in [0.25, 0.3) is 0 Å². The highest BCUT2D eigenvalue weighted by molar-refractivity contribution is 5.57. The molecular weight excluding hydrogens is 152 g/mol. The van der Waals surface area contributed by atoms with Crippen molar-refractivity contribution in [1.29, 1.82) is 0 Å². The second-order valence-corrected chi connectivity index (χ2v) is 4.68. The van der Waals surface area contributed by atoms with E-state index in [1.807, 2.05) is 0 Å². The van der Waals surface area contributed by atoms with Crippen LogP contribution in [0, 0.1) is 11.8 Å². The summed E-state index contributed by atoms with van der Waals surface area (Å²) < 4.78 is 5.64. The lowest BCUT2D eigenvalue weighted by Crippen LogP contribution is -2.21. The zero-order valence-corrected chi connectivity index (χ0v) is 7.75. The molecule has 2 unspecified atom stereocenters. The molecule has 1 aliphatic carbocycles. The van der Waals surface area contributed by atoms with E-state index in [2.05, 4.69) is 13.8 Å². The van der Waals surface area contributed by atoms with E-state index in [1.54, 1.807) is 0 Å². The van der Waals surface area contributed by atoms with Crippen molar-refractivity contribution in [3.8, 4) is 0 Å². The minimum atomic E-state index is -0.118. The van der Waals surface area contributed by atoms with Crippen LogP contribution in [0.1, 0.15) is 33.1 Å². The van der Waals surface area contributed by atoms with E-state index < -0.39 is 0 Å². The Kier molecular flexibility index (Phi) is 1.76. The van der Waals surface area contributed by atoms with E-state index >= 15 is 0 Å². The van der Waals surface area contributed by atoms with Gasteiger partial charge in [0.15, 0.2) is 0 Å². The van der Waals surface area contributed by atoms with Crippen molar-refractivity contribution in [2.24, 2.45) is 11.8 Å². The van der Waals surface area contributed by atoms with Crippen LogP contribution in [-0.4, -0.2) is 18.0 Å². The van der Waals surface area contributed by atoms with Crippen molar-refractivity contribution in [2.45, 2.75) is 44.8 Å². The maximum atomic E-state index is 10.7. The quantitative estimate of drug-likeness (QED) is 0.587. The van der Waals surface area contributed by atoms with E-state index in [0.29, 0.717) is 5.92 Å². The zero-order chi connectivity index (χ0) is 8.77. The summed E-state index contributed by atoms with van der Waals surface area (Å²) >= 11 is 0. The lowest BCUT2D eigenvalue weighted by atomic mass is 9.90. The van der Waals surface area contributed by atoms with Crippen molar-refractivity contribution in [1.82, 2.24) is 0 Å². The largest absolute Gasteiger partial charge is 0.365 e. The van der Waals surface area contributed by atoms with Crippen LogP contribution in [0.2, 0.25) is 0 Å². The summed E-state index contributed by atoms with van der Waals surface area (Å²) in [7, 11) is 0. The average molecular weight is 168 g/mol. The smallest absolute Gasteiger partial charge is 0.149 e. The molecule has 1 saturated carbocycles. The highest BCUT2D eigenvalue weighted by Crippen LogP contribution is 2.47. The number of ether oxygens (including phenoxy) is 1. The Morgan fingerprint density at radius 2 is 2.08 bits per heavy atom. The lowest BCUT2D eigenvalue weighted by Gasteiger charge is -2.16. The van der Waals surface area contributed by atoms with Gasteiger partial charge < -0.3 is 9.53 Å². The zero-order valence-electron chi connectivity index (χ0n) is 7.75. The maximum absolute atomic E-state index is 10.7. The van der Waals surface area contributed by atoms with Crippen LogP contribution in [-0.2, 0) is 9.53 Å². The molecule has 2 atom stereocenters. The first-order valence-electron chi connectivity index (χ1n) is 4.75. The standard InChI is InChI=1S/C10H16O2/c1-10(2)5-8(7-3-4-7)9(6-11)12-10/h6-9H,3-5H2,1-2H3. The van der Waals surface area contributed by atoms with Gasteiger partial charge in [0.25, 0.3) is 0 Å². The Morgan fingerprint density at radius 1 is 1.42 bits per heavy atom. The SMILES string of the molecule is CC1(C)CC(C2CC2)C(C=O)O1. The van der Waals surface area contributed by atoms with Gasteiger partial charge in [0.1, 0.15) is 12.4 Å². The second kappa shape index (κ2) is 2.56. The third kappa shape index (κ3) is 1.40. The summed E-state index contributed by atoms with van der Waals surface area (Å²) in [4.78, 5) is 10.7. The molecule has 0 amide bonds. The minimum Gasteiger partial charge on any atom is -0.365 e. The molecule has 0 spiro atoms. The summed E-state index contributed by atoms with van der Waals surface area (Å²) in [5.74, 6) is 1.29. The fraction of sp³-hybridized carbons (Fsp3) is 0.900. The number of hydrogen-bond donors (Lipinski definition) is 0. The van der Waals surface area contributed by atoms with Gasteiger partial charge in [0, 0.05) is 0 Å². The summed E-state index contributed by atoms with van der Waals surface area (Å²) in [6, 6.07) is 0. The van der Waals surface area contributed by atoms with Gasteiger partial charge >= 0.3 is 0 Å². The van der Waals surface area contributed by atoms with E-state index in [0.717, 1.165) is 18.6 Å². The topological polar surface area (TPSA) is 26.3 Å². The van der Waals surface area contributed by atoms with Crippen LogP contribution in [0.4, 0.5) is 0 Å². The fourth-order valence-corrected chi connectivity index (χ4v) is 2.28. The first kappa shape index (κ1) is 8.24. The van der Waals surface area contributed by atoms with E-state index in [4.69, 9.17) is 4.74 Å². The molecule has 2 rings (SSSR count). The Hall–Kier alpha value is -0.370. The van der Waals surface area contributed by atoms with Crippen molar-refractivity contribution < 1.29 is 9.53 Å². The van der Waals surface area contributed by atoms with E-state index in [1.165, 1.54) is 12.8 Å². The molecule has 1 saturated heterocycles. The highest BCUT2D eigenvalue weighted by atomic mass is 16.5. The van der Waals surface area contributed by atoms with Gasteiger partial charge in [-0.05, 0) is 44.9 Å². The molecule has 12 heavy (non-hydrogen) atoms. The van der Waals surface area contributed by atoms with Gasteiger partial charge in [-0.25, -0.2) is 0 Å². The Bertz CT molecular complexity index is 194. The Labute approximate surface area is 73.3 Å². The summed E-state index contributed by atoms with van der Waals surface area (Å²) in [6.07, 6.45) is 4.52. The van der Waals surface area contributed by atoms with E-state index in [9.17, 15) is 4.79 Å². The normalized spacial score (nSPS) is 39.8. The number of rotatable bonds is 2. The minimum absolute atomic E-state index is 0.0706. The third-order valence-electron chi connectivity index (χ3n) is 2.97. The maximum Gasteiger partial charge on any atom is 0.149 e. The van der Waals surface area contributed by atoms with Crippen LogP contribution >= 0.6 is 0 Å². The molecule has 0 aromatic carbocycles. The van der Waals surface area contributed by atoms with Gasteiger partial charge in [-0.1, -0.05) is 0 Å². The summed E-state index contributed by atoms with van der Waals surface area (Å²) in [5.41, 5.74) is -0.0706.